The van der Waals surface area contributed by atoms with Gasteiger partial charge in [0.05, 0.1) is 6.54 Å². The van der Waals surface area contributed by atoms with E-state index in [9.17, 15) is 0 Å². The summed E-state index contributed by atoms with van der Waals surface area (Å²) in [6, 6.07) is 12.4. The van der Waals surface area contributed by atoms with Crippen molar-refractivity contribution in [3.63, 3.8) is 0 Å². The molecule has 0 aliphatic carbocycles. The molecule has 1 aromatic carbocycles. The van der Waals surface area contributed by atoms with E-state index < -0.39 is 0 Å². The lowest BCUT2D eigenvalue weighted by molar-refractivity contribution is 0.482. The van der Waals surface area contributed by atoms with Gasteiger partial charge in [-0.2, -0.15) is 0 Å². The SMILES string of the molecule is Cc1ccc(CN(C)c2ccc(C(C)N)cc2)o1. The van der Waals surface area contributed by atoms with Crippen LogP contribution in [0.25, 0.3) is 0 Å². The van der Waals surface area contributed by atoms with E-state index in [2.05, 4.69) is 36.2 Å². The Morgan fingerprint density at radius 2 is 1.83 bits per heavy atom. The summed E-state index contributed by atoms with van der Waals surface area (Å²) < 4.78 is 5.58. The summed E-state index contributed by atoms with van der Waals surface area (Å²) in [5.41, 5.74) is 8.15. The van der Waals surface area contributed by atoms with Gasteiger partial charge >= 0.3 is 0 Å². The maximum atomic E-state index is 5.84. The Hall–Kier alpha value is -1.74. The number of furan rings is 1. The van der Waals surface area contributed by atoms with Gasteiger partial charge in [-0.1, -0.05) is 12.1 Å². The Kier molecular flexibility index (Phi) is 3.72. The zero-order chi connectivity index (χ0) is 13.1. The first-order chi connectivity index (χ1) is 8.56. The fourth-order valence-electron chi connectivity index (χ4n) is 1.93. The monoisotopic (exact) mass is 244 g/mol. The van der Waals surface area contributed by atoms with E-state index in [-0.39, 0.29) is 6.04 Å². The van der Waals surface area contributed by atoms with Gasteiger partial charge < -0.3 is 15.1 Å². The number of benzene rings is 1. The standard InChI is InChI=1S/C15H20N2O/c1-11-4-9-15(18-11)10-17(3)14-7-5-13(6-8-14)12(2)16/h4-9,12H,10,16H2,1-3H3. The predicted molar refractivity (Wildman–Crippen MR) is 74.6 cm³/mol. The highest BCUT2D eigenvalue weighted by molar-refractivity contribution is 5.47. The van der Waals surface area contributed by atoms with Crippen LogP contribution in [0.3, 0.4) is 0 Å². The number of nitrogens with zero attached hydrogens (tertiary/aromatic N) is 1. The third kappa shape index (κ3) is 2.93. The minimum atomic E-state index is 0.0806. The summed E-state index contributed by atoms with van der Waals surface area (Å²) in [5.74, 6) is 1.93. The van der Waals surface area contributed by atoms with Crippen molar-refractivity contribution in [3.05, 3.63) is 53.5 Å². The van der Waals surface area contributed by atoms with Gasteiger partial charge in [0.1, 0.15) is 11.5 Å². The molecule has 1 atom stereocenters. The van der Waals surface area contributed by atoms with E-state index >= 15 is 0 Å². The zero-order valence-electron chi connectivity index (χ0n) is 11.2. The second-order valence-corrected chi connectivity index (χ2v) is 4.75. The Bertz CT molecular complexity index is 499. The lowest BCUT2D eigenvalue weighted by Crippen LogP contribution is -2.16. The molecular weight excluding hydrogens is 224 g/mol. The van der Waals surface area contributed by atoms with Crippen molar-refractivity contribution in [3.8, 4) is 0 Å². The average molecular weight is 244 g/mol. The largest absolute Gasteiger partial charge is 0.464 e. The maximum absolute atomic E-state index is 5.84. The van der Waals surface area contributed by atoms with Crippen LogP contribution in [0.5, 0.6) is 0 Å². The van der Waals surface area contributed by atoms with Gasteiger partial charge in [0.2, 0.25) is 0 Å². The minimum Gasteiger partial charge on any atom is -0.464 e. The second kappa shape index (κ2) is 5.27. The molecule has 1 heterocycles. The van der Waals surface area contributed by atoms with E-state index in [1.165, 1.54) is 0 Å². The van der Waals surface area contributed by atoms with Crippen LogP contribution in [0.4, 0.5) is 5.69 Å². The lowest BCUT2D eigenvalue weighted by atomic mass is 10.1. The van der Waals surface area contributed by atoms with Crippen molar-refractivity contribution < 1.29 is 4.42 Å². The van der Waals surface area contributed by atoms with Gasteiger partial charge in [0.25, 0.3) is 0 Å². The molecule has 0 bridgehead atoms. The molecule has 18 heavy (non-hydrogen) atoms. The first kappa shape index (κ1) is 12.7. The zero-order valence-corrected chi connectivity index (χ0v) is 11.2. The van der Waals surface area contributed by atoms with Crippen LogP contribution >= 0.6 is 0 Å². The fraction of sp³-hybridized carbons (Fsp3) is 0.333. The molecule has 96 valence electrons. The lowest BCUT2D eigenvalue weighted by Gasteiger charge is -2.18. The summed E-state index contributed by atoms with van der Waals surface area (Å²) >= 11 is 0. The van der Waals surface area contributed by atoms with Gasteiger partial charge in [-0.3, -0.25) is 0 Å². The summed E-state index contributed by atoms with van der Waals surface area (Å²) in [4.78, 5) is 2.16. The third-order valence-corrected chi connectivity index (χ3v) is 3.05. The molecule has 0 aliphatic rings. The maximum Gasteiger partial charge on any atom is 0.123 e. The Morgan fingerprint density at radius 3 is 2.33 bits per heavy atom. The van der Waals surface area contributed by atoms with E-state index in [0.717, 1.165) is 29.3 Å². The van der Waals surface area contributed by atoms with Gasteiger partial charge in [0.15, 0.2) is 0 Å². The predicted octanol–water partition coefficient (Wildman–Crippen LogP) is 3.24. The van der Waals surface area contributed by atoms with E-state index in [1.807, 2.05) is 26.0 Å². The van der Waals surface area contributed by atoms with Crippen LogP contribution in [-0.2, 0) is 6.54 Å². The van der Waals surface area contributed by atoms with Gasteiger partial charge in [0, 0.05) is 18.8 Å². The molecule has 0 amide bonds. The second-order valence-electron chi connectivity index (χ2n) is 4.75. The van der Waals surface area contributed by atoms with Crippen molar-refractivity contribution in [2.24, 2.45) is 5.73 Å². The van der Waals surface area contributed by atoms with Crippen LogP contribution in [0, 0.1) is 6.92 Å². The summed E-state index contributed by atoms with van der Waals surface area (Å²) in [6.07, 6.45) is 0. The number of hydrogen-bond acceptors (Lipinski definition) is 3. The highest BCUT2D eigenvalue weighted by atomic mass is 16.3. The molecule has 0 radical (unpaired) electrons. The van der Waals surface area contributed by atoms with Gasteiger partial charge in [-0.15, -0.1) is 0 Å². The number of hydrogen-bond donors (Lipinski definition) is 1. The first-order valence-electron chi connectivity index (χ1n) is 6.18. The molecule has 0 aliphatic heterocycles. The van der Waals surface area contributed by atoms with Crippen molar-refractivity contribution in [2.45, 2.75) is 26.4 Å². The van der Waals surface area contributed by atoms with E-state index in [4.69, 9.17) is 10.2 Å². The number of anilines is 1. The van der Waals surface area contributed by atoms with Crippen molar-refractivity contribution >= 4 is 5.69 Å². The summed E-state index contributed by atoms with van der Waals surface area (Å²) in [7, 11) is 2.05. The minimum absolute atomic E-state index is 0.0806. The van der Waals surface area contributed by atoms with Crippen molar-refractivity contribution in [1.82, 2.24) is 0 Å². The molecule has 1 unspecified atom stereocenters. The first-order valence-corrected chi connectivity index (χ1v) is 6.18. The van der Waals surface area contributed by atoms with Crippen molar-refractivity contribution in [2.75, 3.05) is 11.9 Å². The van der Waals surface area contributed by atoms with Crippen molar-refractivity contribution in [1.29, 1.82) is 0 Å². The highest BCUT2D eigenvalue weighted by Crippen LogP contribution is 2.19. The Morgan fingerprint density at radius 1 is 1.17 bits per heavy atom. The van der Waals surface area contributed by atoms with Crippen LogP contribution < -0.4 is 10.6 Å². The van der Waals surface area contributed by atoms with E-state index in [1.54, 1.807) is 0 Å². The molecule has 0 saturated carbocycles. The molecule has 3 heteroatoms. The Balaban J connectivity index is 2.06. The molecule has 0 saturated heterocycles. The molecular formula is C15H20N2O. The topological polar surface area (TPSA) is 42.4 Å². The average Bonchev–Trinajstić information content (AvgIpc) is 2.75. The Labute approximate surface area is 108 Å². The third-order valence-electron chi connectivity index (χ3n) is 3.05. The van der Waals surface area contributed by atoms with Crippen LogP contribution in [-0.4, -0.2) is 7.05 Å². The molecule has 0 fully saturated rings. The summed E-state index contributed by atoms with van der Waals surface area (Å²) in [6.45, 7) is 4.72. The fourth-order valence-corrected chi connectivity index (χ4v) is 1.93. The molecule has 1 aromatic heterocycles. The smallest absolute Gasteiger partial charge is 0.123 e. The molecule has 2 aromatic rings. The molecule has 2 rings (SSSR count). The highest BCUT2D eigenvalue weighted by Gasteiger charge is 2.06. The van der Waals surface area contributed by atoms with E-state index in [0.29, 0.717) is 0 Å². The quantitative estimate of drug-likeness (QED) is 0.897. The number of aryl methyl sites for hydroxylation is 1. The normalized spacial score (nSPS) is 12.4. The summed E-state index contributed by atoms with van der Waals surface area (Å²) in [5, 5.41) is 0. The molecule has 3 nitrogen and oxygen atoms in total. The van der Waals surface area contributed by atoms with Crippen LogP contribution in [0.2, 0.25) is 0 Å². The molecule has 2 N–H and O–H groups in total. The van der Waals surface area contributed by atoms with Crippen LogP contribution in [0.15, 0.2) is 40.8 Å². The number of nitrogens with two attached hydrogens (primary N) is 1. The number of rotatable bonds is 4. The van der Waals surface area contributed by atoms with Crippen LogP contribution in [0.1, 0.15) is 30.0 Å². The molecule has 0 spiro atoms. The van der Waals surface area contributed by atoms with Gasteiger partial charge in [-0.25, -0.2) is 0 Å². The van der Waals surface area contributed by atoms with Gasteiger partial charge in [-0.05, 0) is 43.7 Å².